The fourth-order valence-electron chi connectivity index (χ4n) is 4.07. The molecule has 0 unspecified atom stereocenters. The third-order valence-electron chi connectivity index (χ3n) is 5.84. The van der Waals surface area contributed by atoms with Crippen LogP contribution < -0.4 is 0 Å². The van der Waals surface area contributed by atoms with Crippen LogP contribution in [0, 0.1) is 0 Å². The summed E-state index contributed by atoms with van der Waals surface area (Å²) in [6.45, 7) is 4.58. The fraction of sp³-hybridized carbons (Fsp3) is 0.920. The van der Waals surface area contributed by atoms with Gasteiger partial charge in [-0.15, -0.1) is 0 Å². The van der Waals surface area contributed by atoms with Gasteiger partial charge in [0.05, 0.1) is 12.2 Å². The molecule has 1 aliphatic rings. The first-order valence-corrected chi connectivity index (χ1v) is 12.2. The third-order valence-corrected chi connectivity index (χ3v) is 5.84. The molecule has 0 spiro atoms. The van der Waals surface area contributed by atoms with E-state index < -0.39 is 0 Å². The van der Waals surface area contributed by atoms with E-state index in [-0.39, 0.29) is 0 Å². The Balaban J connectivity index is 1.92. The molecule has 0 aromatic heterocycles. The maximum atomic E-state index is 6.32. The van der Waals surface area contributed by atoms with E-state index in [0.717, 1.165) is 6.42 Å². The molecule has 0 aromatic rings. The van der Waals surface area contributed by atoms with Gasteiger partial charge in [-0.1, -0.05) is 129 Å². The molecule has 0 saturated heterocycles. The Hall–Kier alpha value is -0.300. The average Bonchev–Trinajstić information content (AvgIpc) is 2.66. The molecular formula is C25H48O. The van der Waals surface area contributed by atoms with E-state index in [0.29, 0.717) is 12.2 Å². The Bertz CT molecular complexity index is 309. The predicted molar refractivity (Wildman–Crippen MR) is 117 cm³/mol. The normalized spacial score (nSPS) is 19.9. The summed E-state index contributed by atoms with van der Waals surface area (Å²) in [7, 11) is 0. The van der Waals surface area contributed by atoms with Crippen LogP contribution in [0.15, 0.2) is 12.2 Å². The van der Waals surface area contributed by atoms with Crippen molar-refractivity contribution in [2.75, 3.05) is 0 Å². The van der Waals surface area contributed by atoms with Crippen LogP contribution in [0.25, 0.3) is 0 Å². The molecule has 1 heteroatoms. The van der Waals surface area contributed by atoms with E-state index in [1.54, 1.807) is 0 Å². The number of hydrogen-bond acceptors (Lipinski definition) is 1. The van der Waals surface area contributed by atoms with Gasteiger partial charge in [-0.05, 0) is 19.3 Å². The molecule has 0 aromatic carbocycles. The van der Waals surface area contributed by atoms with Crippen LogP contribution in [0.5, 0.6) is 0 Å². The minimum absolute atomic E-state index is 0.405. The zero-order valence-corrected chi connectivity index (χ0v) is 18.2. The highest BCUT2D eigenvalue weighted by Crippen LogP contribution is 2.22. The highest BCUT2D eigenvalue weighted by Gasteiger charge is 2.17. The van der Waals surface area contributed by atoms with Gasteiger partial charge in [0, 0.05) is 0 Å². The number of rotatable bonds is 18. The van der Waals surface area contributed by atoms with Crippen LogP contribution in [0.3, 0.4) is 0 Å². The minimum atomic E-state index is 0.405. The molecule has 0 aliphatic carbocycles. The van der Waals surface area contributed by atoms with Gasteiger partial charge in [0.1, 0.15) is 0 Å². The molecule has 1 nitrogen and oxygen atoms in total. The lowest BCUT2D eigenvalue weighted by atomic mass is 10.0. The minimum Gasteiger partial charge on any atom is -0.371 e. The van der Waals surface area contributed by atoms with E-state index >= 15 is 0 Å². The molecule has 26 heavy (non-hydrogen) atoms. The summed E-state index contributed by atoms with van der Waals surface area (Å²) in [6.07, 6.45) is 31.8. The van der Waals surface area contributed by atoms with Crippen molar-refractivity contribution >= 4 is 0 Å². The van der Waals surface area contributed by atoms with Crippen LogP contribution in [0.4, 0.5) is 0 Å². The number of hydrogen-bond donors (Lipinski definition) is 0. The summed E-state index contributed by atoms with van der Waals surface area (Å²) in [4.78, 5) is 0. The van der Waals surface area contributed by atoms with Crippen LogP contribution >= 0.6 is 0 Å². The number of ether oxygens (including phenoxy) is 1. The van der Waals surface area contributed by atoms with E-state index in [9.17, 15) is 0 Å². The first-order chi connectivity index (χ1) is 12.9. The van der Waals surface area contributed by atoms with Crippen LogP contribution in [-0.2, 0) is 4.74 Å². The van der Waals surface area contributed by atoms with Crippen LogP contribution in [0.2, 0.25) is 0 Å². The highest BCUT2D eigenvalue weighted by atomic mass is 16.5. The lowest BCUT2D eigenvalue weighted by Crippen LogP contribution is -2.24. The maximum Gasteiger partial charge on any atom is 0.0759 e. The second-order valence-electron chi connectivity index (χ2n) is 8.49. The summed E-state index contributed by atoms with van der Waals surface area (Å²) in [5.74, 6) is 0. The first-order valence-electron chi connectivity index (χ1n) is 12.2. The molecule has 1 aliphatic heterocycles. The van der Waals surface area contributed by atoms with Crippen molar-refractivity contribution in [3.8, 4) is 0 Å². The zero-order valence-electron chi connectivity index (χ0n) is 18.2. The topological polar surface area (TPSA) is 9.23 Å². The van der Waals surface area contributed by atoms with Crippen LogP contribution in [0.1, 0.15) is 136 Å². The highest BCUT2D eigenvalue weighted by molar-refractivity contribution is 4.96. The van der Waals surface area contributed by atoms with Gasteiger partial charge in [0.2, 0.25) is 0 Å². The summed E-state index contributed by atoms with van der Waals surface area (Å²) >= 11 is 0. The molecular weight excluding hydrogens is 316 g/mol. The zero-order chi connectivity index (χ0) is 18.7. The van der Waals surface area contributed by atoms with Crippen molar-refractivity contribution in [1.82, 2.24) is 0 Å². The van der Waals surface area contributed by atoms with Crippen LogP contribution in [-0.4, -0.2) is 12.2 Å². The quantitative estimate of drug-likeness (QED) is 0.174. The SMILES string of the molecule is CCCCCCCCCC[C@H]1CC=C[C@@H](CCCCCCCCCC)O1. The fourth-order valence-corrected chi connectivity index (χ4v) is 4.07. The van der Waals surface area contributed by atoms with E-state index in [1.807, 2.05) is 0 Å². The predicted octanol–water partition coefficient (Wildman–Crippen LogP) is 8.76. The van der Waals surface area contributed by atoms with Crippen molar-refractivity contribution in [2.45, 2.75) is 148 Å². The molecule has 0 saturated carbocycles. The van der Waals surface area contributed by atoms with Gasteiger partial charge in [-0.3, -0.25) is 0 Å². The Morgan fingerprint density at radius 2 is 1.08 bits per heavy atom. The van der Waals surface area contributed by atoms with Gasteiger partial charge >= 0.3 is 0 Å². The van der Waals surface area contributed by atoms with Crippen molar-refractivity contribution in [3.63, 3.8) is 0 Å². The van der Waals surface area contributed by atoms with E-state index in [4.69, 9.17) is 4.74 Å². The second-order valence-corrected chi connectivity index (χ2v) is 8.49. The Morgan fingerprint density at radius 3 is 1.62 bits per heavy atom. The van der Waals surface area contributed by atoms with Crippen molar-refractivity contribution in [3.05, 3.63) is 12.2 Å². The average molecular weight is 365 g/mol. The Morgan fingerprint density at radius 1 is 0.615 bits per heavy atom. The lowest BCUT2D eigenvalue weighted by Gasteiger charge is -2.26. The van der Waals surface area contributed by atoms with Gasteiger partial charge in [-0.25, -0.2) is 0 Å². The molecule has 0 fully saturated rings. The van der Waals surface area contributed by atoms with Gasteiger partial charge in [0.25, 0.3) is 0 Å². The first kappa shape index (κ1) is 23.7. The molecule has 1 rings (SSSR count). The van der Waals surface area contributed by atoms with Gasteiger partial charge in [0.15, 0.2) is 0 Å². The standard InChI is InChI=1S/C25H48O/c1-3-5-7-9-11-13-15-17-20-24-22-19-23-25(26-24)21-18-16-14-12-10-8-6-4-2/h19,22,24-25H,3-18,20-21,23H2,1-2H3/t24-,25+/m1/s1. The Labute approximate surface area is 165 Å². The summed E-state index contributed by atoms with van der Waals surface area (Å²) in [5, 5.41) is 0. The second kappa shape index (κ2) is 18.1. The van der Waals surface area contributed by atoms with Crippen molar-refractivity contribution in [1.29, 1.82) is 0 Å². The third kappa shape index (κ3) is 13.8. The molecule has 0 amide bonds. The molecule has 154 valence electrons. The number of unbranched alkanes of at least 4 members (excludes halogenated alkanes) is 14. The lowest BCUT2D eigenvalue weighted by molar-refractivity contribution is -0.00434. The molecule has 1 heterocycles. The van der Waals surface area contributed by atoms with E-state index in [1.165, 1.54) is 116 Å². The van der Waals surface area contributed by atoms with Crippen molar-refractivity contribution < 1.29 is 4.74 Å². The summed E-state index contributed by atoms with van der Waals surface area (Å²) < 4.78 is 6.32. The molecule has 0 radical (unpaired) electrons. The molecule has 0 N–H and O–H groups in total. The molecule has 0 bridgehead atoms. The monoisotopic (exact) mass is 364 g/mol. The van der Waals surface area contributed by atoms with Gasteiger partial charge < -0.3 is 4.74 Å². The summed E-state index contributed by atoms with van der Waals surface area (Å²) in [6, 6.07) is 0. The van der Waals surface area contributed by atoms with Gasteiger partial charge in [-0.2, -0.15) is 0 Å². The van der Waals surface area contributed by atoms with E-state index in [2.05, 4.69) is 26.0 Å². The smallest absolute Gasteiger partial charge is 0.0759 e. The van der Waals surface area contributed by atoms with Crippen molar-refractivity contribution in [2.24, 2.45) is 0 Å². The molecule has 2 atom stereocenters. The largest absolute Gasteiger partial charge is 0.371 e. The Kier molecular flexibility index (Phi) is 16.5. The summed E-state index contributed by atoms with van der Waals surface area (Å²) in [5.41, 5.74) is 0. The maximum absolute atomic E-state index is 6.32.